The number of carbonyl (C=O) groups is 2. The number of amides is 1. The average Bonchev–Trinajstić information content (AvgIpc) is 3.18. The first kappa shape index (κ1) is 17.4. The molecule has 0 spiro atoms. The van der Waals surface area contributed by atoms with Crippen LogP contribution in [0.15, 0.2) is 71.1 Å². The van der Waals surface area contributed by atoms with Gasteiger partial charge in [-0.25, -0.2) is 10.2 Å². The van der Waals surface area contributed by atoms with Crippen LogP contribution in [0.25, 0.3) is 0 Å². The SMILES string of the molecule is O=C(N/N=C\c1ccc(OC(=O)c2cccs2)cc1)c1ccc(O)cc1. The van der Waals surface area contributed by atoms with Crippen LogP contribution < -0.4 is 10.2 Å². The lowest BCUT2D eigenvalue weighted by Crippen LogP contribution is -2.17. The molecule has 7 heteroatoms. The second-order valence-electron chi connectivity index (χ2n) is 5.18. The molecule has 0 radical (unpaired) electrons. The molecule has 1 aromatic heterocycles. The summed E-state index contributed by atoms with van der Waals surface area (Å²) in [6.07, 6.45) is 1.48. The summed E-state index contributed by atoms with van der Waals surface area (Å²) in [5.41, 5.74) is 3.51. The fourth-order valence-corrected chi connectivity index (χ4v) is 2.62. The van der Waals surface area contributed by atoms with E-state index < -0.39 is 5.97 Å². The molecule has 1 amide bonds. The van der Waals surface area contributed by atoms with Crippen LogP contribution in [0.2, 0.25) is 0 Å². The Kier molecular flexibility index (Phi) is 5.40. The molecule has 130 valence electrons. The van der Waals surface area contributed by atoms with Crippen molar-refractivity contribution in [1.29, 1.82) is 0 Å². The van der Waals surface area contributed by atoms with Gasteiger partial charge in [-0.15, -0.1) is 11.3 Å². The summed E-state index contributed by atoms with van der Waals surface area (Å²) in [6, 6.07) is 16.1. The van der Waals surface area contributed by atoms with Gasteiger partial charge in [-0.1, -0.05) is 6.07 Å². The van der Waals surface area contributed by atoms with E-state index in [0.717, 1.165) is 5.56 Å². The van der Waals surface area contributed by atoms with Crippen molar-refractivity contribution >= 4 is 29.4 Å². The fourth-order valence-electron chi connectivity index (χ4n) is 2.02. The molecule has 0 atom stereocenters. The Hall–Kier alpha value is -3.45. The summed E-state index contributed by atoms with van der Waals surface area (Å²) >= 11 is 1.32. The largest absolute Gasteiger partial charge is 0.508 e. The molecular weight excluding hydrogens is 352 g/mol. The molecule has 1 heterocycles. The van der Waals surface area contributed by atoms with Gasteiger partial charge < -0.3 is 9.84 Å². The molecule has 26 heavy (non-hydrogen) atoms. The van der Waals surface area contributed by atoms with Crippen LogP contribution >= 0.6 is 11.3 Å². The number of thiophene rings is 1. The molecule has 0 saturated carbocycles. The Morgan fingerprint density at radius 1 is 1.04 bits per heavy atom. The molecule has 0 saturated heterocycles. The highest BCUT2D eigenvalue weighted by atomic mass is 32.1. The van der Waals surface area contributed by atoms with Crippen molar-refractivity contribution in [2.45, 2.75) is 0 Å². The standard InChI is InChI=1S/C19H14N2O4S/c22-15-7-5-14(6-8-15)18(23)21-20-12-13-3-9-16(10-4-13)25-19(24)17-2-1-11-26-17/h1-12,22H,(H,21,23)/b20-12-. The predicted octanol–water partition coefficient (Wildman–Crippen LogP) is 3.44. The van der Waals surface area contributed by atoms with Gasteiger partial charge in [-0.3, -0.25) is 4.79 Å². The van der Waals surface area contributed by atoms with Crippen LogP contribution in [0, 0.1) is 0 Å². The summed E-state index contributed by atoms with van der Waals surface area (Å²) in [5, 5.41) is 14.9. The molecule has 0 aliphatic heterocycles. The molecular formula is C19H14N2O4S. The molecule has 3 aromatic rings. The van der Waals surface area contributed by atoms with E-state index in [2.05, 4.69) is 10.5 Å². The number of nitrogens with zero attached hydrogens (tertiary/aromatic N) is 1. The topological polar surface area (TPSA) is 88.0 Å². The molecule has 0 aliphatic carbocycles. The minimum atomic E-state index is -0.400. The quantitative estimate of drug-likeness (QED) is 0.313. The van der Waals surface area contributed by atoms with Crippen LogP contribution in [0.1, 0.15) is 25.6 Å². The smallest absolute Gasteiger partial charge is 0.353 e. The number of esters is 1. The van der Waals surface area contributed by atoms with Crippen LogP contribution in [0.4, 0.5) is 0 Å². The zero-order chi connectivity index (χ0) is 18.4. The van der Waals surface area contributed by atoms with Gasteiger partial charge in [0.05, 0.1) is 6.21 Å². The van der Waals surface area contributed by atoms with Crippen LogP contribution in [-0.4, -0.2) is 23.2 Å². The van der Waals surface area contributed by atoms with Gasteiger partial charge in [0, 0.05) is 5.56 Å². The zero-order valence-electron chi connectivity index (χ0n) is 13.5. The van der Waals surface area contributed by atoms with E-state index >= 15 is 0 Å². The van der Waals surface area contributed by atoms with Crippen molar-refractivity contribution in [3.05, 3.63) is 82.0 Å². The van der Waals surface area contributed by atoms with E-state index in [1.807, 2.05) is 5.38 Å². The Bertz CT molecular complexity index is 917. The summed E-state index contributed by atoms with van der Waals surface area (Å²) in [4.78, 5) is 24.3. The Morgan fingerprint density at radius 3 is 2.42 bits per heavy atom. The number of hydrazone groups is 1. The minimum Gasteiger partial charge on any atom is -0.508 e. The van der Waals surface area contributed by atoms with E-state index in [-0.39, 0.29) is 11.7 Å². The average molecular weight is 366 g/mol. The van der Waals surface area contributed by atoms with Crippen LogP contribution in [0.3, 0.4) is 0 Å². The van der Waals surface area contributed by atoms with Gasteiger partial charge in [0.15, 0.2) is 0 Å². The number of phenols is 1. The number of hydrogen-bond acceptors (Lipinski definition) is 6. The molecule has 0 unspecified atom stereocenters. The first-order valence-corrected chi connectivity index (χ1v) is 8.48. The third-order valence-corrected chi connectivity index (χ3v) is 4.17. The van der Waals surface area contributed by atoms with Crippen molar-refractivity contribution in [3.63, 3.8) is 0 Å². The summed E-state index contributed by atoms with van der Waals surface area (Å²) in [5.74, 6) is -0.274. The van der Waals surface area contributed by atoms with Gasteiger partial charge >= 0.3 is 5.97 Å². The van der Waals surface area contributed by atoms with E-state index in [1.165, 1.54) is 41.8 Å². The lowest BCUT2D eigenvalue weighted by molar-refractivity contribution is 0.0739. The lowest BCUT2D eigenvalue weighted by Gasteiger charge is -2.03. The maximum absolute atomic E-state index is 11.9. The first-order chi connectivity index (χ1) is 12.6. The number of benzene rings is 2. The van der Waals surface area contributed by atoms with Crippen molar-refractivity contribution in [2.75, 3.05) is 0 Å². The van der Waals surface area contributed by atoms with Crippen molar-refractivity contribution in [3.8, 4) is 11.5 Å². The van der Waals surface area contributed by atoms with E-state index in [1.54, 1.807) is 36.4 Å². The third kappa shape index (κ3) is 4.55. The van der Waals surface area contributed by atoms with Crippen molar-refractivity contribution in [2.24, 2.45) is 5.10 Å². The van der Waals surface area contributed by atoms with Crippen LogP contribution in [-0.2, 0) is 0 Å². The fraction of sp³-hybridized carbons (Fsp3) is 0. The number of ether oxygens (including phenoxy) is 1. The van der Waals surface area contributed by atoms with Gasteiger partial charge in [-0.05, 0) is 65.5 Å². The molecule has 2 aromatic carbocycles. The monoisotopic (exact) mass is 366 g/mol. The van der Waals surface area contributed by atoms with Gasteiger partial charge in [-0.2, -0.15) is 5.10 Å². The number of hydrogen-bond donors (Lipinski definition) is 2. The summed E-state index contributed by atoms with van der Waals surface area (Å²) in [7, 11) is 0. The normalized spacial score (nSPS) is 10.6. The number of nitrogens with one attached hydrogen (secondary N) is 1. The number of aromatic hydroxyl groups is 1. The maximum atomic E-state index is 11.9. The third-order valence-electron chi connectivity index (χ3n) is 3.32. The van der Waals surface area contributed by atoms with Gasteiger partial charge in [0.2, 0.25) is 0 Å². The van der Waals surface area contributed by atoms with Gasteiger partial charge in [0.1, 0.15) is 16.4 Å². The Balaban J connectivity index is 1.55. The van der Waals surface area contributed by atoms with E-state index in [9.17, 15) is 14.7 Å². The predicted molar refractivity (Wildman–Crippen MR) is 98.9 cm³/mol. The minimum absolute atomic E-state index is 0.0879. The highest BCUT2D eigenvalue weighted by Crippen LogP contribution is 2.16. The Morgan fingerprint density at radius 2 is 1.77 bits per heavy atom. The number of carbonyl (C=O) groups excluding carboxylic acids is 2. The van der Waals surface area contributed by atoms with Gasteiger partial charge in [0.25, 0.3) is 5.91 Å². The Labute approximate surface area is 153 Å². The molecule has 2 N–H and O–H groups in total. The first-order valence-electron chi connectivity index (χ1n) is 7.60. The second-order valence-corrected chi connectivity index (χ2v) is 6.13. The highest BCUT2D eigenvalue weighted by molar-refractivity contribution is 7.12. The van der Waals surface area contributed by atoms with E-state index in [4.69, 9.17) is 4.74 Å². The molecule has 0 bridgehead atoms. The zero-order valence-corrected chi connectivity index (χ0v) is 14.3. The van der Waals surface area contributed by atoms with Crippen molar-refractivity contribution < 1.29 is 19.4 Å². The highest BCUT2D eigenvalue weighted by Gasteiger charge is 2.09. The molecule has 0 fully saturated rings. The van der Waals surface area contributed by atoms with E-state index in [0.29, 0.717) is 16.2 Å². The number of phenolic OH excluding ortho intramolecular Hbond substituents is 1. The van der Waals surface area contributed by atoms with Crippen LogP contribution in [0.5, 0.6) is 11.5 Å². The molecule has 6 nitrogen and oxygen atoms in total. The molecule has 3 rings (SSSR count). The van der Waals surface area contributed by atoms with Crippen molar-refractivity contribution in [1.82, 2.24) is 5.43 Å². The maximum Gasteiger partial charge on any atom is 0.353 e. The number of rotatable bonds is 5. The lowest BCUT2D eigenvalue weighted by atomic mass is 10.2. The molecule has 0 aliphatic rings. The second kappa shape index (κ2) is 8.09. The summed E-state index contributed by atoms with van der Waals surface area (Å²) in [6.45, 7) is 0. The summed E-state index contributed by atoms with van der Waals surface area (Å²) < 4.78 is 5.26.